The third kappa shape index (κ3) is 0.867. The lowest BCUT2D eigenvalue weighted by Gasteiger charge is -2.31. The maximum absolute atomic E-state index is 9.59. The monoisotopic (exact) mass is 141 g/mol. The summed E-state index contributed by atoms with van der Waals surface area (Å²) in [5, 5.41) is 9.59. The van der Waals surface area contributed by atoms with Gasteiger partial charge >= 0.3 is 0 Å². The van der Waals surface area contributed by atoms with Crippen molar-refractivity contribution in [3.63, 3.8) is 0 Å². The molecule has 2 atom stereocenters. The number of rotatable bonds is 0. The molecule has 2 fully saturated rings. The summed E-state index contributed by atoms with van der Waals surface area (Å²) >= 11 is 0. The van der Waals surface area contributed by atoms with Gasteiger partial charge in [-0.15, -0.1) is 0 Å². The van der Waals surface area contributed by atoms with Crippen LogP contribution in [-0.4, -0.2) is 17.3 Å². The lowest BCUT2D eigenvalue weighted by Crippen LogP contribution is -2.37. The van der Waals surface area contributed by atoms with Crippen LogP contribution in [0, 0.1) is 5.41 Å². The first kappa shape index (κ1) is 6.62. The molecule has 0 bridgehead atoms. The van der Waals surface area contributed by atoms with Gasteiger partial charge in [0.25, 0.3) is 0 Å². The van der Waals surface area contributed by atoms with E-state index in [1.54, 1.807) is 0 Å². The highest BCUT2D eigenvalue weighted by Crippen LogP contribution is 2.55. The Morgan fingerprint density at radius 1 is 1.30 bits per heavy atom. The maximum atomic E-state index is 9.59. The van der Waals surface area contributed by atoms with Gasteiger partial charge in [0.05, 0.1) is 6.10 Å². The predicted molar refractivity (Wildman–Crippen MR) is 39.5 cm³/mol. The maximum Gasteiger partial charge on any atom is 0.0611 e. The third-order valence-electron chi connectivity index (χ3n) is 3.14. The van der Waals surface area contributed by atoms with Gasteiger partial charge in [0.15, 0.2) is 0 Å². The highest BCUT2D eigenvalue weighted by atomic mass is 16.3. The highest BCUT2D eigenvalue weighted by Gasteiger charge is 2.50. The van der Waals surface area contributed by atoms with E-state index in [2.05, 4.69) is 0 Å². The van der Waals surface area contributed by atoms with Crippen molar-refractivity contribution in [3.8, 4) is 0 Å². The van der Waals surface area contributed by atoms with Crippen molar-refractivity contribution in [1.29, 1.82) is 0 Å². The quantitative estimate of drug-likeness (QED) is 0.520. The molecule has 2 rings (SSSR count). The minimum Gasteiger partial charge on any atom is -0.392 e. The van der Waals surface area contributed by atoms with Gasteiger partial charge in [-0.3, -0.25) is 0 Å². The molecule has 58 valence electrons. The third-order valence-corrected chi connectivity index (χ3v) is 3.14. The Morgan fingerprint density at radius 3 is 2.50 bits per heavy atom. The summed E-state index contributed by atoms with van der Waals surface area (Å²) in [4.78, 5) is 0. The van der Waals surface area contributed by atoms with E-state index in [4.69, 9.17) is 5.73 Å². The highest BCUT2D eigenvalue weighted by molar-refractivity contribution is 5.02. The second-order valence-electron chi connectivity index (χ2n) is 3.91. The molecule has 2 unspecified atom stereocenters. The molecule has 2 aliphatic rings. The zero-order chi connectivity index (χ0) is 7.19. The van der Waals surface area contributed by atoms with Crippen LogP contribution in [0.2, 0.25) is 0 Å². The molecule has 0 aromatic rings. The summed E-state index contributed by atoms with van der Waals surface area (Å²) in [7, 11) is 0. The Labute approximate surface area is 61.4 Å². The van der Waals surface area contributed by atoms with Crippen LogP contribution in [0.3, 0.4) is 0 Å². The van der Waals surface area contributed by atoms with Gasteiger partial charge in [-0.25, -0.2) is 0 Å². The van der Waals surface area contributed by atoms with E-state index in [0.29, 0.717) is 5.41 Å². The average Bonchev–Trinajstić information content (AvgIpc) is 2.62. The Balaban J connectivity index is 2.01. The zero-order valence-corrected chi connectivity index (χ0v) is 6.21. The molecule has 2 aliphatic carbocycles. The van der Waals surface area contributed by atoms with E-state index >= 15 is 0 Å². The summed E-state index contributed by atoms with van der Waals surface area (Å²) in [6, 6.07) is 0.265. The van der Waals surface area contributed by atoms with Gasteiger partial charge in [0.2, 0.25) is 0 Å². The molecule has 0 aromatic carbocycles. The van der Waals surface area contributed by atoms with E-state index in [9.17, 15) is 5.11 Å². The van der Waals surface area contributed by atoms with E-state index in [1.165, 1.54) is 12.8 Å². The molecular weight excluding hydrogens is 126 g/mol. The first-order valence-electron chi connectivity index (χ1n) is 4.17. The van der Waals surface area contributed by atoms with Crippen molar-refractivity contribution in [2.75, 3.05) is 0 Å². The lowest BCUT2D eigenvalue weighted by atomic mass is 9.81. The average molecular weight is 141 g/mol. The van der Waals surface area contributed by atoms with Crippen molar-refractivity contribution >= 4 is 0 Å². The SMILES string of the molecule is NC1CCC2(CC2)C(O)C1. The van der Waals surface area contributed by atoms with E-state index in [1.807, 2.05) is 0 Å². The molecule has 2 nitrogen and oxygen atoms in total. The summed E-state index contributed by atoms with van der Waals surface area (Å²) in [6.45, 7) is 0. The second-order valence-corrected chi connectivity index (χ2v) is 3.91. The Morgan fingerprint density at radius 2 is 2.00 bits per heavy atom. The normalized spacial score (nSPS) is 43.8. The van der Waals surface area contributed by atoms with Crippen molar-refractivity contribution in [2.45, 2.75) is 44.2 Å². The molecule has 0 radical (unpaired) electrons. The van der Waals surface area contributed by atoms with Gasteiger partial charge in [-0.1, -0.05) is 0 Å². The molecular formula is C8H15NO. The minimum absolute atomic E-state index is 0.0868. The van der Waals surface area contributed by atoms with Crippen molar-refractivity contribution in [2.24, 2.45) is 11.1 Å². The minimum atomic E-state index is -0.0868. The summed E-state index contributed by atoms with van der Waals surface area (Å²) in [5.74, 6) is 0. The fourth-order valence-electron chi connectivity index (χ4n) is 2.04. The summed E-state index contributed by atoms with van der Waals surface area (Å²) in [6.07, 6.45) is 5.50. The number of aliphatic hydroxyl groups is 1. The lowest BCUT2D eigenvalue weighted by molar-refractivity contribution is 0.0465. The van der Waals surface area contributed by atoms with E-state index in [0.717, 1.165) is 19.3 Å². The van der Waals surface area contributed by atoms with E-state index < -0.39 is 0 Å². The molecule has 0 heterocycles. The number of nitrogens with two attached hydrogens (primary N) is 1. The molecule has 0 amide bonds. The van der Waals surface area contributed by atoms with Crippen LogP contribution < -0.4 is 5.73 Å². The largest absolute Gasteiger partial charge is 0.392 e. The Hall–Kier alpha value is -0.0800. The summed E-state index contributed by atoms with van der Waals surface area (Å²) < 4.78 is 0. The molecule has 0 aliphatic heterocycles. The second kappa shape index (κ2) is 1.95. The molecule has 2 saturated carbocycles. The van der Waals surface area contributed by atoms with Crippen LogP contribution in [-0.2, 0) is 0 Å². The van der Waals surface area contributed by atoms with Gasteiger partial charge in [0.1, 0.15) is 0 Å². The number of hydrogen-bond donors (Lipinski definition) is 2. The zero-order valence-electron chi connectivity index (χ0n) is 6.21. The van der Waals surface area contributed by atoms with Crippen LogP contribution in [0.25, 0.3) is 0 Å². The summed E-state index contributed by atoms with van der Waals surface area (Å²) in [5.41, 5.74) is 6.06. The molecule has 0 saturated heterocycles. The van der Waals surface area contributed by atoms with Crippen LogP contribution in [0.1, 0.15) is 32.1 Å². The van der Waals surface area contributed by atoms with Crippen LogP contribution in [0.4, 0.5) is 0 Å². The topological polar surface area (TPSA) is 46.2 Å². The smallest absolute Gasteiger partial charge is 0.0611 e. The van der Waals surface area contributed by atoms with E-state index in [-0.39, 0.29) is 12.1 Å². The van der Waals surface area contributed by atoms with Gasteiger partial charge in [-0.05, 0) is 37.5 Å². The standard InChI is InChI=1S/C8H15NO/c9-6-1-2-8(3-4-8)7(10)5-6/h6-7,10H,1-5,9H2. The number of hydrogen-bond acceptors (Lipinski definition) is 2. The molecule has 0 aromatic heterocycles. The Bertz CT molecular complexity index is 142. The Kier molecular flexibility index (Phi) is 1.29. The first-order chi connectivity index (χ1) is 4.73. The molecule has 2 heteroatoms. The van der Waals surface area contributed by atoms with Crippen molar-refractivity contribution in [3.05, 3.63) is 0 Å². The molecule has 10 heavy (non-hydrogen) atoms. The fraction of sp³-hybridized carbons (Fsp3) is 1.00. The first-order valence-corrected chi connectivity index (χ1v) is 4.17. The van der Waals surface area contributed by atoms with Crippen LogP contribution >= 0.6 is 0 Å². The fourth-order valence-corrected chi connectivity index (χ4v) is 2.04. The van der Waals surface area contributed by atoms with Gasteiger partial charge < -0.3 is 10.8 Å². The molecule has 1 spiro atoms. The van der Waals surface area contributed by atoms with Crippen LogP contribution in [0.15, 0.2) is 0 Å². The van der Waals surface area contributed by atoms with Crippen LogP contribution in [0.5, 0.6) is 0 Å². The van der Waals surface area contributed by atoms with Crippen molar-refractivity contribution in [1.82, 2.24) is 0 Å². The van der Waals surface area contributed by atoms with Crippen molar-refractivity contribution < 1.29 is 5.11 Å². The van der Waals surface area contributed by atoms with Gasteiger partial charge in [-0.2, -0.15) is 0 Å². The number of aliphatic hydroxyl groups excluding tert-OH is 1. The molecule has 3 N–H and O–H groups in total. The van der Waals surface area contributed by atoms with Gasteiger partial charge in [0, 0.05) is 6.04 Å². The predicted octanol–water partition coefficient (Wildman–Crippen LogP) is 0.639.